The molecule has 0 unspecified atom stereocenters. The van der Waals surface area contributed by atoms with Crippen molar-refractivity contribution < 1.29 is 19.1 Å². The highest BCUT2D eigenvalue weighted by Crippen LogP contribution is 2.13. The predicted molar refractivity (Wildman–Crippen MR) is 94.2 cm³/mol. The molecular weight excluding hydrogens is 320 g/mol. The minimum Gasteiger partial charge on any atom is -0.493 e. The minimum atomic E-state index is -0.0868. The first kappa shape index (κ1) is 19.0. The lowest BCUT2D eigenvalue weighted by Crippen LogP contribution is -2.46. The van der Waals surface area contributed by atoms with E-state index in [0.717, 1.165) is 18.6 Å². The van der Waals surface area contributed by atoms with Crippen molar-refractivity contribution in [2.24, 2.45) is 0 Å². The van der Waals surface area contributed by atoms with E-state index in [0.29, 0.717) is 26.1 Å². The Kier molecular flexibility index (Phi) is 7.44. The number of amides is 2. The molecule has 0 saturated carbocycles. The number of benzene rings is 1. The highest BCUT2D eigenvalue weighted by Gasteiger charge is 2.23. The van der Waals surface area contributed by atoms with Gasteiger partial charge in [0.1, 0.15) is 11.5 Å². The molecular formula is C19H26N2O4. The molecule has 0 bridgehead atoms. The molecule has 0 aliphatic carbocycles. The third-order valence-electron chi connectivity index (χ3n) is 4.24. The maximum absolute atomic E-state index is 12.2. The third kappa shape index (κ3) is 6.95. The molecule has 1 aromatic carbocycles. The number of hydrogen-bond donors (Lipinski definition) is 1. The number of para-hydroxylation sites is 1. The Labute approximate surface area is 148 Å². The lowest BCUT2D eigenvalue weighted by molar-refractivity contribution is -0.133. The summed E-state index contributed by atoms with van der Waals surface area (Å²) in [6, 6.07) is 9.53. The van der Waals surface area contributed by atoms with E-state index in [1.807, 2.05) is 35.2 Å². The molecule has 25 heavy (non-hydrogen) atoms. The Morgan fingerprint density at radius 3 is 2.40 bits per heavy atom. The van der Waals surface area contributed by atoms with Crippen molar-refractivity contribution in [2.75, 3.05) is 19.7 Å². The Bertz CT molecular complexity index is 580. The number of carbonyl (C=O) groups excluding carboxylic acids is 3. The summed E-state index contributed by atoms with van der Waals surface area (Å²) < 4.78 is 5.56. The molecule has 0 spiro atoms. The Hall–Kier alpha value is -2.37. The first-order valence-electron chi connectivity index (χ1n) is 8.79. The van der Waals surface area contributed by atoms with Gasteiger partial charge in [0, 0.05) is 32.0 Å². The lowest BCUT2D eigenvalue weighted by atomic mass is 10.0. The van der Waals surface area contributed by atoms with E-state index in [1.54, 1.807) is 0 Å². The molecule has 6 heteroatoms. The molecule has 6 nitrogen and oxygen atoms in total. The van der Waals surface area contributed by atoms with Gasteiger partial charge in [-0.05, 0) is 31.9 Å². The van der Waals surface area contributed by atoms with Crippen LogP contribution in [0.15, 0.2) is 30.3 Å². The van der Waals surface area contributed by atoms with Gasteiger partial charge in [0.05, 0.1) is 13.0 Å². The van der Waals surface area contributed by atoms with E-state index in [1.165, 1.54) is 6.92 Å². The highest BCUT2D eigenvalue weighted by molar-refractivity contribution is 5.83. The van der Waals surface area contributed by atoms with Crippen LogP contribution in [0.25, 0.3) is 0 Å². The smallest absolute Gasteiger partial charge is 0.225 e. The summed E-state index contributed by atoms with van der Waals surface area (Å²) >= 11 is 0. The number of nitrogens with one attached hydrogen (secondary N) is 1. The number of piperidine rings is 1. The van der Waals surface area contributed by atoms with Gasteiger partial charge in [-0.3, -0.25) is 9.59 Å². The SMILES string of the molecule is CC(=O)CCC(=O)NC1CCN(C(=O)CCOc2ccccc2)CC1. The summed E-state index contributed by atoms with van der Waals surface area (Å²) in [5.41, 5.74) is 0. The van der Waals surface area contributed by atoms with E-state index in [9.17, 15) is 14.4 Å². The Morgan fingerprint density at radius 1 is 1.08 bits per heavy atom. The van der Waals surface area contributed by atoms with Crippen LogP contribution in [0, 0.1) is 0 Å². The van der Waals surface area contributed by atoms with Gasteiger partial charge in [-0.25, -0.2) is 0 Å². The summed E-state index contributed by atoms with van der Waals surface area (Å²) in [6.45, 7) is 3.13. The van der Waals surface area contributed by atoms with E-state index >= 15 is 0 Å². The summed E-state index contributed by atoms with van der Waals surface area (Å²) in [5, 5.41) is 2.94. The van der Waals surface area contributed by atoms with Crippen molar-refractivity contribution in [1.29, 1.82) is 0 Å². The van der Waals surface area contributed by atoms with Gasteiger partial charge in [0.2, 0.25) is 11.8 Å². The number of ether oxygens (including phenoxy) is 1. The van der Waals surface area contributed by atoms with Gasteiger partial charge in [0.25, 0.3) is 0 Å². The van der Waals surface area contributed by atoms with E-state index in [2.05, 4.69) is 5.32 Å². The largest absolute Gasteiger partial charge is 0.493 e. The molecule has 1 aliphatic rings. The fourth-order valence-corrected chi connectivity index (χ4v) is 2.79. The van der Waals surface area contributed by atoms with Crippen LogP contribution in [0.5, 0.6) is 5.75 Å². The number of carbonyl (C=O) groups is 3. The van der Waals surface area contributed by atoms with Crippen LogP contribution in [-0.2, 0) is 14.4 Å². The van der Waals surface area contributed by atoms with Gasteiger partial charge in [0.15, 0.2) is 0 Å². The molecule has 1 aromatic rings. The molecule has 1 N–H and O–H groups in total. The first-order chi connectivity index (χ1) is 12.0. The van der Waals surface area contributed by atoms with Crippen molar-refractivity contribution in [3.05, 3.63) is 30.3 Å². The monoisotopic (exact) mass is 346 g/mol. The fraction of sp³-hybridized carbons (Fsp3) is 0.526. The van der Waals surface area contributed by atoms with Gasteiger partial charge in [-0.2, -0.15) is 0 Å². The van der Waals surface area contributed by atoms with Gasteiger partial charge >= 0.3 is 0 Å². The molecule has 0 radical (unpaired) electrons. The van der Waals surface area contributed by atoms with Crippen LogP contribution in [-0.4, -0.2) is 48.2 Å². The van der Waals surface area contributed by atoms with Crippen molar-refractivity contribution in [1.82, 2.24) is 10.2 Å². The van der Waals surface area contributed by atoms with Crippen LogP contribution in [0.3, 0.4) is 0 Å². The second-order valence-electron chi connectivity index (χ2n) is 6.34. The minimum absolute atomic E-state index is 0.0216. The maximum atomic E-state index is 12.2. The second kappa shape index (κ2) is 9.81. The number of ketones is 1. The maximum Gasteiger partial charge on any atom is 0.225 e. The molecule has 0 atom stereocenters. The van der Waals surface area contributed by atoms with Crippen molar-refractivity contribution >= 4 is 17.6 Å². The van der Waals surface area contributed by atoms with Crippen molar-refractivity contribution in [3.8, 4) is 5.75 Å². The van der Waals surface area contributed by atoms with Crippen molar-refractivity contribution in [2.45, 2.75) is 45.1 Å². The predicted octanol–water partition coefficient (Wildman–Crippen LogP) is 1.93. The third-order valence-corrected chi connectivity index (χ3v) is 4.24. The fourth-order valence-electron chi connectivity index (χ4n) is 2.79. The quantitative estimate of drug-likeness (QED) is 0.780. The van der Waals surface area contributed by atoms with Gasteiger partial charge < -0.3 is 19.7 Å². The normalized spacial score (nSPS) is 14.8. The molecule has 1 heterocycles. The number of hydrogen-bond acceptors (Lipinski definition) is 4. The molecule has 1 fully saturated rings. The molecule has 1 saturated heterocycles. The van der Waals surface area contributed by atoms with E-state index in [-0.39, 0.29) is 36.5 Å². The molecule has 0 aromatic heterocycles. The van der Waals surface area contributed by atoms with E-state index < -0.39 is 0 Å². The molecule has 136 valence electrons. The average molecular weight is 346 g/mol. The van der Waals surface area contributed by atoms with Crippen LogP contribution < -0.4 is 10.1 Å². The number of likely N-dealkylation sites (tertiary alicyclic amines) is 1. The molecule has 1 aliphatic heterocycles. The average Bonchev–Trinajstić information content (AvgIpc) is 2.61. The van der Waals surface area contributed by atoms with Crippen LogP contribution in [0.2, 0.25) is 0 Å². The lowest BCUT2D eigenvalue weighted by Gasteiger charge is -2.32. The number of Topliss-reactive ketones (excluding diaryl/α,β-unsaturated/α-hetero) is 1. The van der Waals surface area contributed by atoms with E-state index in [4.69, 9.17) is 4.74 Å². The zero-order valence-corrected chi connectivity index (χ0v) is 14.7. The number of nitrogens with zero attached hydrogens (tertiary/aromatic N) is 1. The van der Waals surface area contributed by atoms with Crippen molar-refractivity contribution in [3.63, 3.8) is 0 Å². The Morgan fingerprint density at radius 2 is 1.76 bits per heavy atom. The topological polar surface area (TPSA) is 75.7 Å². The number of rotatable bonds is 8. The zero-order valence-electron chi connectivity index (χ0n) is 14.7. The molecule has 2 rings (SSSR count). The Balaban J connectivity index is 1.63. The summed E-state index contributed by atoms with van der Waals surface area (Å²) in [4.78, 5) is 36.7. The van der Waals surface area contributed by atoms with Crippen LogP contribution in [0.4, 0.5) is 0 Å². The zero-order chi connectivity index (χ0) is 18.1. The highest BCUT2D eigenvalue weighted by atomic mass is 16.5. The summed E-state index contributed by atoms with van der Waals surface area (Å²) in [6.07, 6.45) is 2.37. The van der Waals surface area contributed by atoms with Gasteiger partial charge in [-0.1, -0.05) is 18.2 Å². The molecule has 2 amide bonds. The van der Waals surface area contributed by atoms with Crippen LogP contribution in [0.1, 0.15) is 39.0 Å². The summed E-state index contributed by atoms with van der Waals surface area (Å²) in [5.74, 6) is 0.782. The van der Waals surface area contributed by atoms with Gasteiger partial charge in [-0.15, -0.1) is 0 Å². The second-order valence-corrected chi connectivity index (χ2v) is 6.34. The first-order valence-corrected chi connectivity index (χ1v) is 8.79. The standard InChI is InChI=1S/C19H26N2O4/c1-15(22)7-8-18(23)20-16-9-12-21(13-10-16)19(24)11-14-25-17-5-3-2-4-6-17/h2-6,16H,7-14H2,1H3,(H,20,23). The summed E-state index contributed by atoms with van der Waals surface area (Å²) in [7, 11) is 0. The van der Waals surface area contributed by atoms with Crippen LogP contribution >= 0.6 is 0 Å².